The number of rotatable bonds is 7. The van der Waals surface area contributed by atoms with E-state index in [1.165, 1.54) is 0 Å². The predicted molar refractivity (Wildman–Crippen MR) is 83.4 cm³/mol. The quantitative estimate of drug-likeness (QED) is 0.619. The number of nitrogens with zero attached hydrogens (tertiary/aromatic N) is 1. The largest absolute Gasteiger partial charge is 0.492 e. The molecule has 1 aromatic heterocycles. The highest BCUT2D eigenvalue weighted by atomic mass is 28.4. The maximum atomic E-state index is 9.03. The van der Waals surface area contributed by atoms with Crippen LogP contribution in [0.3, 0.4) is 0 Å². The molecule has 0 saturated heterocycles. The Hall–Kier alpha value is -0.913. The second-order valence-electron chi connectivity index (χ2n) is 6.50. The first-order valence-electron chi connectivity index (χ1n) is 7.08. The van der Waals surface area contributed by atoms with E-state index in [4.69, 9.17) is 14.3 Å². The van der Waals surface area contributed by atoms with Crippen LogP contribution in [-0.4, -0.2) is 31.6 Å². The Labute approximate surface area is 123 Å². The topological polar surface area (TPSA) is 51.6 Å². The molecule has 0 aliphatic heterocycles. The smallest absolute Gasteiger partial charge is 0.191 e. The van der Waals surface area contributed by atoms with E-state index >= 15 is 0 Å². The summed E-state index contributed by atoms with van der Waals surface area (Å²) < 4.78 is 11.7. The highest BCUT2D eigenvalue weighted by Gasteiger charge is 2.36. The first kappa shape index (κ1) is 17.1. The fourth-order valence-electron chi connectivity index (χ4n) is 1.42. The van der Waals surface area contributed by atoms with Gasteiger partial charge in [0.15, 0.2) is 8.32 Å². The number of hydrogen-bond acceptors (Lipinski definition) is 4. The van der Waals surface area contributed by atoms with E-state index < -0.39 is 8.32 Å². The van der Waals surface area contributed by atoms with Crippen molar-refractivity contribution in [1.29, 1.82) is 0 Å². The normalized spacial score (nSPS) is 12.5. The molecule has 0 aromatic carbocycles. The summed E-state index contributed by atoms with van der Waals surface area (Å²) in [5.74, 6) is 0.698. The van der Waals surface area contributed by atoms with Gasteiger partial charge in [-0.05, 0) is 29.8 Å². The molecule has 0 aliphatic carbocycles. The molecule has 114 valence electrons. The first-order valence-corrected chi connectivity index (χ1v) is 9.98. The van der Waals surface area contributed by atoms with Crippen molar-refractivity contribution in [2.24, 2.45) is 0 Å². The zero-order valence-electron chi connectivity index (χ0n) is 13.3. The molecule has 1 aromatic rings. The molecule has 1 N–H and O–H groups in total. The van der Waals surface area contributed by atoms with Crippen molar-refractivity contribution in [3.8, 4) is 5.75 Å². The van der Waals surface area contributed by atoms with Gasteiger partial charge in [0.25, 0.3) is 0 Å². The molecule has 0 unspecified atom stereocenters. The summed E-state index contributed by atoms with van der Waals surface area (Å²) in [4.78, 5) is 4.02. The monoisotopic (exact) mass is 297 g/mol. The van der Waals surface area contributed by atoms with Crippen LogP contribution in [0.15, 0.2) is 18.5 Å². The van der Waals surface area contributed by atoms with Crippen LogP contribution < -0.4 is 4.74 Å². The Morgan fingerprint density at radius 2 is 1.90 bits per heavy atom. The highest BCUT2D eigenvalue weighted by Crippen LogP contribution is 2.36. The third-order valence-electron chi connectivity index (χ3n) is 3.78. The van der Waals surface area contributed by atoms with Crippen LogP contribution in [0.5, 0.6) is 5.75 Å². The molecule has 5 heteroatoms. The second kappa shape index (κ2) is 7.20. The van der Waals surface area contributed by atoms with E-state index in [1.807, 2.05) is 6.07 Å². The van der Waals surface area contributed by atoms with Crippen molar-refractivity contribution >= 4 is 8.32 Å². The minimum Gasteiger partial charge on any atom is -0.492 e. The molecule has 0 spiro atoms. The van der Waals surface area contributed by atoms with Crippen LogP contribution in [0, 0.1) is 0 Å². The van der Waals surface area contributed by atoms with Gasteiger partial charge < -0.3 is 14.3 Å². The van der Waals surface area contributed by atoms with Crippen LogP contribution in [0.1, 0.15) is 32.8 Å². The second-order valence-corrected chi connectivity index (χ2v) is 11.3. The molecule has 4 nitrogen and oxygen atoms in total. The molecule has 0 saturated carbocycles. The van der Waals surface area contributed by atoms with Crippen LogP contribution >= 0.6 is 0 Å². The predicted octanol–water partition coefficient (Wildman–Crippen LogP) is 3.36. The Bertz CT molecular complexity index is 416. The van der Waals surface area contributed by atoms with Gasteiger partial charge in [-0.2, -0.15) is 0 Å². The van der Waals surface area contributed by atoms with Crippen molar-refractivity contribution in [3.05, 3.63) is 24.0 Å². The summed E-state index contributed by atoms with van der Waals surface area (Å²) in [7, 11) is -1.65. The van der Waals surface area contributed by atoms with Gasteiger partial charge in [0.1, 0.15) is 5.75 Å². The first-order chi connectivity index (χ1) is 9.26. The van der Waals surface area contributed by atoms with E-state index in [1.54, 1.807) is 12.4 Å². The van der Waals surface area contributed by atoms with Crippen molar-refractivity contribution in [2.75, 3.05) is 13.2 Å². The summed E-state index contributed by atoms with van der Waals surface area (Å²) in [6.45, 7) is 12.5. The average molecular weight is 297 g/mol. The van der Waals surface area contributed by atoms with E-state index in [0.29, 0.717) is 12.4 Å². The maximum absolute atomic E-state index is 9.03. The van der Waals surface area contributed by atoms with Crippen LogP contribution in [0.25, 0.3) is 0 Å². The van der Waals surface area contributed by atoms with Crippen LogP contribution in [0.2, 0.25) is 18.1 Å². The van der Waals surface area contributed by atoms with Crippen LogP contribution in [0.4, 0.5) is 0 Å². The van der Waals surface area contributed by atoms with E-state index in [9.17, 15) is 0 Å². The fraction of sp³-hybridized carbons (Fsp3) is 0.667. The van der Waals surface area contributed by atoms with Crippen molar-refractivity contribution < 1.29 is 14.3 Å². The van der Waals surface area contributed by atoms with Crippen molar-refractivity contribution in [2.45, 2.75) is 51.9 Å². The molecule has 1 rings (SSSR count). The molecule has 1 heterocycles. The number of hydrogen-bond donors (Lipinski definition) is 1. The lowest BCUT2D eigenvalue weighted by molar-refractivity contribution is 0.232. The summed E-state index contributed by atoms with van der Waals surface area (Å²) in [6, 6.07) is 1.81. The number of ether oxygens (including phenoxy) is 1. The van der Waals surface area contributed by atoms with Gasteiger partial charge in [-0.3, -0.25) is 4.98 Å². The van der Waals surface area contributed by atoms with Gasteiger partial charge in [0.2, 0.25) is 0 Å². The van der Waals surface area contributed by atoms with Gasteiger partial charge in [-0.1, -0.05) is 20.8 Å². The van der Waals surface area contributed by atoms with Gasteiger partial charge in [-0.25, -0.2) is 0 Å². The standard InChI is InChI=1S/C15H27NO3Si/c1-15(2,3)20(4,5)19-8-6-7-18-14-9-13(12-17)10-16-11-14/h9-11,17H,6-8,12H2,1-5H3. The molecule has 0 amide bonds. The van der Waals surface area contributed by atoms with E-state index in [0.717, 1.165) is 18.6 Å². The lowest BCUT2D eigenvalue weighted by atomic mass is 10.2. The molecule has 0 radical (unpaired) electrons. The van der Waals surface area contributed by atoms with Gasteiger partial charge in [-0.15, -0.1) is 0 Å². The number of pyridine rings is 1. The lowest BCUT2D eigenvalue weighted by Gasteiger charge is -2.36. The molecule has 0 bridgehead atoms. The fourth-order valence-corrected chi connectivity index (χ4v) is 2.51. The van der Waals surface area contributed by atoms with E-state index in [2.05, 4.69) is 38.8 Å². The summed E-state index contributed by atoms with van der Waals surface area (Å²) >= 11 is 0. The molecule has 20 heavy (non-hydrogen) atoms. The Morgan fingerprint density at radius 3 is 2.50 bits per heavy atom. The molecular weight excluding hydrogens is 270 g/mol. The summed E-state index contributed by atoms with van der Waals surface area (Å²) in [5.41, 5.74) is 0.764. The third kappa shape index (κ3) is 5.23. The van der Waals surface area contributed by atoms with Crippen LogP contribution in [-0.2, 0) is 11.0 Å². The summed E-state index contributed by atoms with van der Waals surface area (Å²) in [6.07, 6.45) is 4.15. The number of aliphatic hydroxyl groups excluding tert-OH is 1. The minimum absolute atomic E-state index is 0.0152. The van der Waals surface area contributed by atoms with Crippen molar-refractivity contribution in [1.82, 2.24) is 4.98 Å². The zero-order valence-corrected chi connectivity index (χ0v) is 14.3. The number of aliphatic hydroxyl groups is 1. The molecular formula is C15H27NO3Si. The Kier molecular flexibility index (Phi) is 6.17. The Balaban J connectivity index is 2.29. The molecule has 0 aliphatic rings. The maximum Gasteiger partial charge on any atom is 0.191 e. The Morgan fingerprint density at radius 1 is 1.20 bits per heavy atom. The molecule has 0 atom stereocenters. The van der Waals surface area contributed by atoms with Gasteiger partial charge in [0, 0.05) is 19.2 Å². The van der Waals surface area contributed by atoms with Crippen molar-refractivity contribution in [3.63, 3.8) is 0 Å². The minimum atomic E-state index is -1.65. The summed E-state index contributed by atoms with van der Waals surface area (Å²) in [5, 5.41) is 9.27. The van der Waals surface area contributed by atoms with Gasteiger partial charge in [0.05, 0.1) is 19.4 Å². The zero-order chi connectivity index (χ0) is 15.2. The average Bonchev–Trinajstić information content (AvgIpc) is 2.37. The van der Waals surface area contributed by atoms with Gasteiger partial charge >= 0.3 is 0 Å². The third-order valence-corrected chi connectivity index (χ3v) is 8.32. The number of aromatic nitrogens is 1. The highest BCUT2D eigenvalue weighted by molar-refractivity contribution is 6.74. The SMILES string of the molecule is CC(C)(C)[Si](C)(C)OCCCOc1cncc(CO)c1. The van der Waals surface area contributed by atoms with E-state index in [-0.39, 0.29) is 11.6 Å². The lowest BCUT2D eigenvalue weighted by Crippen LogP contribution is -2.41. The molecule has 0 fully saturated rings.